The molecule has 0 unspecified atom stereocenters. The molecule has 2 aromatic heterocycles. The minimum atomic E-state index is 0.676. The topological polar surface area (TPSA) is 32.8 Å². The van der Waals surface area contributed by atoms with Crippen molar-refractivity contribution in [2.75, 3.05) is 9.80 Å². The summed E-state index contributed by atoms with van der Waals surface area (Å²) < 4.78 is 13.6. The second-order valence-electron chi connectivity index (χ2n) is 19.0. The van der Waals surface area contributed by atoms with Gasteiger partial charge in [-0.3, -0.25) is 0 Å². The van der Waals surface area contributed by atoms with Crippen LogP contribution in [-0.4, -0.2) is 0 Å². The fourth-order valence-corrected chi connectivity index (χ4v) is 11.5. The molecule has 0 saturated heterocycles. The van der Waals surface area contributed by atoms with Crippen LogP contribution < -0.4 is 9.80 Å². The summed E-state index contributed by atoms with van der Waals surface area (Å²) in [6.07, 6.45) is 13.3. The third-order valence-electron chi connectivity index (χ3n) is 15.0. The Labute approximate surface area is 385 Å². The number of hydrogen-bond donors (Lipinski definition) is 0. The zero-order valence-electron chi connectivity index (χ0n) is 37.3. The highest BCUT2D eigenvalue weighted by molar-refractivity contribution is 6.21. The average molecular weight is 857 g/mol. The van der Waals surface area contributed by atoms with E-state index in [1.807, 2.05) is 0 Å². The van der Waals surface area contributed by atoms with Crippen LogP contribution in [0.2, 0.25) is 0 Å². The average Bonchev–Trinajstić information content (AvgIpc) is 3.94. The molecule has 13 rings (SSSR count). The van der Waals surface area contributed by atoms with Gasteiger partial charge in [0, 0.05) is 55.7 Å². The van der Waals surface area contributed by atoms with Gasteiger partial charge in [-0.1, -0.05) is 111 Å². The van der Waals surface area contributed by atoms with Gasteiger partial charge < -0.3 is 18.6 Å². The van der Waals surface area contributed by atoms with E-state index in [0.29, 0.717) is 11.8 Å². The Kier molecular flexibility index (Phi) is 9.65. The Morgan fingerprint density at radius 3 is 1.09 bits per heavy atom. The fourth-order valence-electron chi connectivity index (χ4n) is 11.5. The Hall–Kier alpha value is -7.30. The maximum absolute atomic E-state index is 6.82. The van der Waals surface area contributed by atoms with Crippen LogP contribution in [0.4, 0.5) is 34.1 Å². The van der Waals surface area contributed by atoms with Gasteiger partial charge in [0.15, 0.2) is 11.2 Å². The third kappa shape index (κ3) is 6.90. The molecule has 0 bridgehead atoms. The summed E-state index contributed by atoms with van der Waals surface area (Å²) in [7, 11) is 0. The largest absolute Gasteiger partial charge is 0.452 e. The number of para-hydroxylation sites is 2. The third-order valence-corrected chi connectivity index (χ3v) is 15.0. The number of anilines is 6. The summed E-state index contributed by atoms with van der Waals surface area (Å²) in [5.74, 6) is 1.35. The lowest BCUT2D eigenvalue weighted by atomic mass is 9.84. The molecule has 11 aromatic rings. The van der Waals surface area contributed by atoms with E-state index in [0.717, 1.165) is 88.8 Å². The summed E-state index contributed by atoms with van der Waals surface area (Å²) >= 11 is 0. The van der Waals surface area contributed by atoms with Crippen LogP contribution in [0.15, 0.2) is 191 Å². The first-order valence-corrected chi connectivity index (χ1v) is 24.3. The number of hydrogen-bond acceptors (Lipinski definition) is 4. The van der Waals surface area contributed by atoms with Crippen LogP contribution >= 0.6 is 0 Å². The molecular formula is C62H52N2O2. The molecule has 0 N–H and O–H groups in total. The number of benzene rings is 9. The molecule has 2 saturated carbocycles. The summed E-state index contributed by atoms with van der Waals surface area (Å²) in [5, 5.41) is 8.91. The molecule has 2 fully saturated rings. The molecule has 0 spiro atoms. The van der Waals surface area contributed by atoms with Gasteiger partial charge in [-0.05, 0) is 179 Å². The number of rotatable bonds is 8. The van der Waals surface area contributed by atoms with Crippen molar-refractivity contribution in [1.29, 1.82) is 0 Å². The second-order valence-corrected chi connectivity index (χ2v) is 19.0. The highest BCUT2D eigenvalue weighted by atomic mass is 16.4. The molecule has 2 aliphatic rings. The lowest BCUT2D eigenvalue weighted by Gasteiger charge is -2.27. The Balaban J connectivity index is 0.869. The van der Waals surface area contributed by atoms with E-state index < -0.39 is 0 Å². The lowest BCUT2D eigenvalue weighted by molar-refractivity contribution is 0.443. The molecule has 4 heteroatoms. The summed E-state index contributed by atoms with van der Waals surface area (Å²) in [6, 6.07) is 67.0. The van der Waals surface area contributed by atoms with Gasteiger partial charge in [-0.25, -0.2) is 0 Å². The van der Waals surface area contributed by atoms with E-state index in [-0.39, 0.29) is 0 Å². The van der Waals surface area contributed by atoms with Crippen molar-refractivity contribution < 1.29 is 8.83 Å². The van der Waals surface area contributed by atoms with E-state index in [9.17, 15) is 0 Å². The van der Waals surface area contributed by atoms with Crippen LogP contribution in [0.3, 0.4) is 0 Å². The molecule has 322 valence electrons. The van der Waals surface area contributed by atoms with Gasteiger partial charge >= 0.3 is 0 Å². The van der Waals surface area contributed by atoms with Crippen LogP contribution in [0.25, 0.3) is 65.4 Å². The SMILES string of the molecule is c1ccc(N(c2ccc(C3CCCCC3)cc2)c2ccc3cc4c(cc3c2)oc2c4ccc3c4cc5ccc(N(c6ccccc6)c6ccc(C7CCCCC7)cc6)cc5cc4oc32)cc1. The first-order chi connectivity index (χ1) is 32.7. The maximum Gasteiger partial charge on any atom is 0.178 e. The quantitative estimate of drug-likeness (QED) is 0.152. The monoisotopic (exact) mass is 856 g/mol. The van der Waals surface area contributed by atoms with E-state index in [4.69, 9.17) is 8.83 Å². The van der Waals surface area contributed by atoms with E-state index in [2.05, 4.69) is 192 Å². The van der Waals surface area contributed by atoms with Crippen LogP contribution in [-0.2, 0) is 0 Å². The molecule has 0 amide bonds. The van der Waals surface area contributed by atoms with E-state index in [1.165, 1.54) is 86.1 Å². The number of fused-ring (bicyclic) bond motifs is 9. The molecular weight excluding hydrogens is 805 g/mol. The Morgan fingerprint density at radius 2 is 0.682 bits per heavy atom. The Morgan fingerprint density at radius 1 is 0.303 bits per heavy atom. The van der Waals surface area contributed by atoms with Crippen molar-refractivity contribution in [3.63, 3.8) is 0 Å². The van der Waals surface area contributed by atoms with Gasteiger partial charge in [-0.15, -0.1) is 0 Å². The molecule has 0 atom stereocenters. The maximum atomic E-state index is 6.82. The number of nitrogens with zero attached hydrogens (tertiary/aromatic N) is 2. The van der Waals surface area contributed by atoms with Crippen molar-refractivity contribution in [3.05, 3.63) is 193 Å². The van der Waals surface area contributed by atoms with Gasteiger partial charge in [0.1, 0.15) is 11.2 Å². The standard InChI is InChI=1S/C62H52N2O2/c1-5-13-41(14-6-1)43-21-27-51(28-22-43)63(49-17-9-3-10-18-49)53-31-25-45-37-57-55-33-34-56-58-38-46-26-32-54(36-48(46)40-60(58)66-62(56)61(55)65-59(57)39-47(45)35-53)64(50-19-11-4-12-20-50)52-29-23-44(24-30-52)42-15-7-2-8-16-42/h3-4,9-12,17-42H,1-2,5-8,13-16H2. The predicted molar refractivity (Wildman–Crippen MR) is 277 cm³/mol. The lowest BCUT2D eigenvalue weighted by Crippen LogP contribution is -2.10. The molecule has 2 aliphatic carbocycles. The zero-order valence-corrected chi connectivity index (χ0v) is 37.3. The van der Waals surface area contributed by atoms with Crippen molar-refractivity contribution in [1.82, 2.24) is 0 Å². The van der Waals surface area contributed by atoms with Crippen molar-refractivity contribution in [2.45, 2.75) is 76.0 Å². The van der Waals surface area contributed by atoms with Crippen LogP contribution in [0, 0.1) is 0 Å². The highest BCUT2D eigenvalue weighted by Crippen LogP contribution is 2.44. The first kappa shape index (κ1) is 39.1. The minimum Gasteiger partial charge on any atom is -0.452 e. The fraction of sp³-hybridized carbons (Fsp3) is 0.194. The van der Waals surface area contributed by atoms with Gasteiger partial charge in [0.25, 0.3) is 0 Å². The normalized spacial score (nSPS) is 15.2. The summed E-state index contributed by atoms with van der Waals surface area (Å²) in [5.41, 5.74) is 13.0. The molecule has 2 heterocycles. The second kappa shape index (κ2) is 16.3. The molecule has 0 aliphatic heterocycles. The highest BCUT2D eigenvalue weighted by Gasteiger charge is 2.22. The van der Waals surface area contributed by atoms with Crippen molar-refractivity contribution in [2.24, 2.45) is 0 Å². The summed E-state index contributed by atoms with van der Waals surface area (Å²) in [4.78, 5) is 4.73. The van der Waals surface area contributed by atoms with E-state index in [1.54, 1.807) is 0 Å². The molecule has 9 aromatic carbocycles. The summed E-state index contributed by atoms with van der Waals surface area (Å²) in [6.45, 7) is 0. The first-order valence-electron chi connectivity index (χ1n) is 24.3. The molecule has 4 nitrogen and oxygen atoms in total. The van der Waals surface area contributed by atoms with Gasteiger partial charge in [0.2, 0.25) is 0 Å². The molecule has 66 heavy (non-hydrogen) atoms. The molecule has 0 radical (unpaired) electrons. The van der Waals surface area contributed by atoms with Gasteiger partial charge in [0.05, 0.1) is 0 Å². The van der Waals surface area contributed by atoms with Gasteiger partial charge in [-0.2, -0.15) is 0 Å². The van der Waals surface area contributed by atoms with Crippen LogP contribution in [0.5, 0.6) is 0 Å². The number of furan rings is 2. The van der Waals surface area contributed by atoms with Crippen LogP contribution in [0.1, 0.15) is 87.2 Å². The van der Waals surface area contributed by atoms with E-state index >= 15 is 0 Å². The Bertz CT molecular complexity index is 3300. The smallest absolute Gasteiger partial charge is 0.178 e. The zero-order chi connectivity index (χ0) is 43.6. The van der Waals surface area contributed by atoms with Crippen molar-refractivity contribution in [3.8, 4) is 0 Å². The predicted octanol–water partition coefficient (Wildman–Crippen LogP) is 18.8. The minimum absolute atomic E-state index is 0.676. The van der Waals surface area contributed by atoms with Crippen molar-refractivity contribution >= 4 is 99.5 Å².